The van der Waals surface area contributed by atoms with Gasteiger partial charge in [0.15, 0.2) is 6.10 Å². The molecule has 0 N–H and O–H groups in total. The van der Waals surface area contributed by atoms with E-state index in [0.717, 1.165) is 180 Å². The second-order valence-corrected chi connectivity index (χ2v) is 20.2. The molecule has 6 heteroatoms. The summed E-state index contributed by atoms with van der Waals surface area (Å²) in [7, 11) is 0. The molecule has 0 amide bonds. The molecule has 0 aromatic carbocycles. The Balaban J connectivity index is 4.55. The number of carbonyl (C=O) groups is 3. The molecule has 0 rings (SSSR count). The molecule has 1 unspecified atom stereocenters. The van der Waals surface area contributed by atoms with Crippen molar-refractivity contribution in [2.24, 2.45) is 0 Å². The van der Waals surface area contributed by atoms with E-state index in [1.807, 2.05) is 0 Å². The van der Waals surface area contributed by atoms with E-state index in [0.29, 0.717) is 19.3 Å². The van der Waals surface area contributed by atoms with Gasteiger partial charge in [0, 0.05) is 19.3 Å². The first-order valence-corrected chi connectivity index (χ1v) is 32.2. The van der Waals surface area contributed by atoms with Gasteiger partial charge in [0.25, 0.3) is 0 Å². The zero-order chi connectivity index (χ0) is 59.9. The largest absolute Gasteiger partial charge is 0.462 e. The first kappa shape index (κ1) is 76.7. The first-order valence-electron chi connectivity index (χ1n) is 32.2. The van der Waals surface area contributed by atoms with Crippen LogP contribution in [0.3, 0.4) is 0 Å². The van der Waals surface area contributed by atoms with Crippen LogP contribution in [0.5, 0.6) is 0 Å². The molecule has 0 aliphatic carbocycles. The van der Waals surface area contributed by atoms with Gasteiger partial charge in [-0.15, -0.1) is 0 Å². The molecule has 0 aliphatic heterocycles. The Morgan fingerprint density at radius 3 is 0.711 bits per heavy atom. The molecule has 458 valence electrons. The van der Waals surface area contributed by atoms with Crippen molar-refractivity contribution in [1.29, 1.82) is 0 Å². The second kappa shape index (κ2) is 68.2. The maximum atomic E-state index is 12.9. The first-order chi connectivity index (χ1) is 41.0. The lowest BCUT2D eigenvalue weighted by molar-refractivity contribution is -0.167. The number of allylic oxidation sites excluding steroid dienone is 36. The van der Waals surface area contributed by atoms with E-state index >= 15 is 0 Å². The molecule has 0 heterocycles. The van der Waals surface area contributed by atoms with E-state index in [9.17, 15) is 14.4 Å². The normalized spacial score (nSPS) is 13.6. The predicted molar refractivity (Wildman–Crippen MR) is 361 cm³/mol. The summed E-state index contributed by atoms with van der Waals surface area (Å²) in [5.74, 6) is -1.06. The third-order valence-corrected chi connectivity index (χ3v) is 12.5. The van der Waals surface area contributed by atoms with Crippen LogP contribution < -0.4 is 0 Å². The highest BCUT2D eigenvalue weighted by atomic mass is 16.6. The molecular formula is C77H114O6. The van der Waals surface area contributed by atoms with Crippen molar-refractivity contribution in [1.82, 2.24) is 0 Å². The summed E-state index contributed by atoms with van der Waals surface area (Å²) in [6.45, 7) is 6.18. The highest BCUT2D eigenvalue weighted by Crippen LogP contribution is 2.11. The molecule has 1 atom stereocenters. The number of carbonyl (C=O) groups excluding carboxylic acids is 3. The predicted octanol–water partition coefficient (Wildman–Crippen LogP) is 22.5. The van der Waals surface area contributed by atoms with E-state index in [2.05, 4.69) is 240 Å². The molecule has 6 nitrogen and oxygen atoms in total. The number of hydrogen-bond donors (Lipinski definition) is 0. The minimum absolute atomic E-state index is 0.138. The molecule has 0 saturated carbocycles. The summed E-state index contributed by atoms with van der Waals surface area (Å²) in [6.07, 6.45) is 107. The topological polar surface area (TPSA) is 78.9 Å². The lowest BCUT2D eigenvalue weighted by Gasteiger charge is -2.18. The average Bonchev–Trinajstić information content (AvgIpc) is 3.49. The van der Waals surface area contributed by atoms with Crippen LogP contribution in [-0.2, 0) is 28.6 Å². The van der Waals surface area contributed by atoms with Crippen LogP contribution in [0.1, 0.15) is 226 Å². The van der Waals surface area contributed by atoms with Gasteiger partial charge in [-0.2, -0.15) is 0 Å². The lowest BCUT2D eigenvalue weighted by Crippen LogP contribution is -2.30. The van der Waals surface area contributed by atoms with Gasteiger partial charge >= 0.3 is 17.9 Å². The fourth-order valence-electron chi connectivity index (χ4n) is 7.75. The fourth-order valence-corrected chi connectivity index (χ4v) is 7.75. The highest BCUT2D eigenvalue weighted by Gasteiger charge is 2.19. The zero-order valence-corrected chi connectivity index (χ0v) is 52.4. The number of esters is 3. The van der Waals surface area contributed by atoms with E-state index in [4.69, 9.17) is 14.2 Å². The molecule has 0 saturated heterocycles. The van der Waals surface area contributed by atoms with Crippen molar-refractivity contribution in [3.8, 4) is 0 Å². The molecular weight excluding hydrogens is 1020 g/mol. The average molecular weight is 1140 g/mol. The number of rotatable bonds is 55. The molecule has 83 heavy (non-hydrogen) atoms. The van der Waals surface area contributed by atoms with E-state index in [-0.39, 0.29) is 31.6 Å². The number of ether oxygens (including phenoxy) is 3. The fraction of sp³-hybridized carbons (Fsp3) is 0.494. The van der Waals surface area contributed by atoms with Gasteiger partial charge in [0.2, 0.25) is 0 Å². The number of hydrogen-bond acceptors (Lipinski definition) is 6. The lowest BCUT2D eigenvalue weighted by atomic mass is 10.1. The van der Waals surface area contributed by atoms with Crippen LogP contribution in [0.25, 0.3) is 0 Å². The standard InChI is InChI=1S/C77H114O6/c1-4-7-10-13-16-19-22-25-27-29-31-33-35-36-37-38-39-40-42-43-45-47-49-52-55-58-61-64-67-70-76(79)82-73-74(72-81-75(78)69-66-63-60-57-54-51-24-21-18-15-12-9-6-3)83-77(80)71-68-65-62-59-56-53-50-48-46-44-41-34-32-30-28-26-23-20-17-14-11-8-5-2/h7-12,16-21,25-28,31-34,36-37,39-40,43-46,49-54,59,62,74H,4-6,13-15,22-24,29-30,35,38,41-42,47-48,55-58,60-61,63-73H2,1-3H3/b10-7-,11-8-,12-9-,19-16-,20-17-,21-18-,27-25-,28-26-,33-31-,34-32-,37-36-,40-39-,45-43-,46-44-,52-49-,53-50-,54-51-,62-59-. The Kier molecular flexibility index (Phi) is 63.1. The molecule has 0 aromatic heterocycles. The van der Waals surface area contributed by atoms with Crippen molar-refractivity contribution < 1.29 is 28.6 Å². The van der Waals surface area contributed by atoms with E-state index < -0.39 is 12.1 Å². The van der Waals surface area contributed by atoms with Gasteiger partial charge in [-0.25, -0.2) is 0 Å². The van der Waals surface area contributed by atoms with Gasteiger partial charge in [-0.05, 0) is 167 Å². The van der Waals surface area contributed by atoms with Gasteiger partial charge in [0.05, 0.1) is 0 Å². The van der Waals surface area contributed by atoms with Crippen LogP contribution in [0.15, 0.2) is 219 Å². The SMILES string of the molecule is CC/C=C\C/C=C\C/C=C\C/C=C\C/C=C\C/C=C\C/C=C\C/C=C\CCCCCCC(=O)OCC(COC(=O)CCCCC/C=C\C/C=C\C/C=C\CC)OC(=O)CCC/C=C\C/C=C\C/C=C\C/C=C\C/C=C\C/C=C\C/C=C\CC. The Labute approximate surface area is 508 Å². The van der Waals surface area contributed by atoms with Crippen LogP contribution in [0, 0.1) is 0 Å². The van der Waals surface area contributed by atoms with Crippen molar-refractivity contribution in [2.75, 3.05) is 13.2 Å². The van der Waals surface area contributed by atoms with Crippen LogP contribution in [0.2, 0.25) is 0 Å². The van der Waals surface area contributed by atoms with Crippen LogP contribution in [0.4, 0.5) is 0 Å². The van der Waals surface area contributed by atoms with E-state index in [1.165, 1.54) is 0 Å². The van der Waals surface area contributed by atoms with E-state index in [1.54, 1.807) is 0 Å². The Hall–Kier alpha value is -6.27. The number of unbranched alkanes of at least 4 members (excludes halogenated alkanes) is 8. The van der Waals surface area contributed by atoms with Gasteiger partial charge in [-0.1, -0.05) is 259 Å². The summed E-state index contributed by atoms with van der Waals surface area (Å²) in [5.41, 5.74) is 0. The van der Waals surface area contributed by atoms with Crippen molar-refractivity contribution in [3.63, 3.8) is 0 Å². The minimum Gasteiger partial charge on any atom is -0.462 e. The van der Waals surface area contributed by atoms with Gasteiger partial charge < -0.3 is 14.2 Å². The maximum Gasteiger partial charge on any atom is 0.306 e. The maximum absolute atomic E-state index is 12.9. The smallest absolute Gasteiger partial charge is 0.306 e. The molecule has 0 aliphatic rings. The quantitative estimate of drug-likeness (QED) is 0.0261. The molecule has 0 bridgehead atoms. The summed E-state index contributed by atoms with van der Waals surface area (Å²) < 4.78 is 16.8. The Morgan fingerprint density at radius 2 is 0.446 bits per heavy atom. The Bertz CT molecular complexity index is 2080. The van der Waals surface area contributed by atoms with Crippen molar-refractivity contribution >= 4 is 17.9 Å². The summed E-state index contributed by atoms with van der Waals surface area (Å²) in [6, 6.07) is 0. The zero-order valence-electron chi connectivity index (χ0n) is 52.4. The third-order valence-electron chi connectivity index (χ3n) is 12.5. The summed E-state index contributed by atoms with van der Waals surface area (Å²) in [5, 5.41) is 0. The Morgan fingerprint density at radius 1 is 0.241 bits per heavy atom. The monoisotopic (exact) mass is 1130 g/mol. The molecule has 0 spiro atoms. The molecule has 0 aromatic rings. The highest BCUT2D eigenvalue weighted by molar-refractivity contribution is 5.71. The summed E-state index contributed by atoms with van der Waals surface area (Å²) in [4.78, 5) is 38.3. The van der Waals surface area contributed by atoms with Crippen LogP contribution in [-0.4, -0.2) is 37.2 Å². The van der Waals surface area contributed by atoms with Crippen molar-refractivity contribution in [2.45, 2.75) is 232 Å². The van der Waals surface area contributed by atoms with Gasteiger partial charge in [-0.3, -0.25) is 14.4 Å². The van der Waals surface area contributed by atoms with Gasteiger partial charge in [0.1, 0.15) is 13.2 Å². The molecule has 0 radical (unpaired) electrons. The third kappa shape index (κ3) is 66.4. The summed E-state index contributed by atoms with van der Waals surface area (Å²) >= 11 is 0. The van der Waals surface area contributed by atoms with Crippen molar-refractivity contribution in [3.05, 3.63) is 219 Å². The van der Waals surface area contributed by atoms with Crippen LogP contribution >= 0.6 is 0 Å². The molecule has 0 fully saturated rings. The second-order valence-electron chi connectivity index (χ2n) is 20.2. The minimum atomic E-state index is -0.848.